The van der Waals surface area contributed by atoms with Crippen LogP contribution >= 0.6 is 0 Å². The van der Waals surface area contributed by atoms with Crippen molar-refractivity contribution in [1.29, 1.82) is 0 Å². The van der Waals surface area contributed by atoms with Crippen LogP contribution in [0.3, 0.4) is 0 Å². The first-order chi connectivity index (χ1) is 13.3. The molecule has 4 amide bonds. The molecule has 1 aliphatic heterocycles. The number of para-hydroxylation sites is 1. The van der Waals surface area contributed by atoms with E-state index in [0.717, 1.165) is 10.5 Å². The van der Waals surface area contributed by atoms with Gasteiger partial charge in [-0.2, -0.15) is 0 Å². The molecule has 2 unspecified atom stereocenters. The van der Waals surface area contributed by atoms with Crippen LogP contribution in [0.15, 0.2) is 54.6 Å². The van der Waals surface area contributed by atoms with Crippen LogP contribution in [0, 0.1) is 5.82 Å². The Labute approximate surface area is 163 Å². The number of anilines is 1. The van der Waals surface area contributed by atoms with E-state index in [0.29, 0.717) is 5.69 Å². The maximum absolute atomic E-state index is 13.1. The highest BCUT2D eigenvalue weighted by Gasteiger charge is 2.44. The van der Waals surface area contributed by atoms with Gasteiger partial charge < -0.3 is 4.90 Å². The van der Waals surface area contributed by atoms with Crippen molar-refractivity contribution in [2.75, 3.05) is 18.5 Å². The smallest absolute Gasteiger partial charge is 0.332 e. The van der Waals surface area contributed by atoms with Crippen LogP contribution in [-0.4, -0.2) is 47.3 Å². The summed E-state index contributed by atoms with van der Waals surface area (Å²) in [6.45, 7) is 3.10. The summed E-state index contributed by atoms with van der Waals surface area (Å²) in [5, 5.41) is 0. The van der Waals surface area contributed by atoms with Gasteiger partial charge >= 0.3 is 6.03 Å². The Morgan fingerprint density at radius 2 is 1.71 bits per heavy atom. The summed E-state index contributed by atoms with van der Waals surface area (Å²) >= 11 is 0. The molecule has 2 atom stereocenters. The van der Waals surface area contributed by atoms with Crippen LogP contribution in [0.5, 0.6) is 0 Å². The summed E-state index contributed by atoms with van der Waals surface area (Å²) in [6.07, 6.45) is 0. The first-order valence-electron chi connectivity index (χ1n) is 9.02. The van der Waals surface area contributed by atoms with E-state index in [2.05, 4.69) is 0 Å². The van der Waals surface area contributed by atoms with Crippen molar-refractivity contribution in [3.8, 4) is 0 Å². The number of hydrogen-bond donors (Lipinski definition) is 0. The first-order valence-corrected chi connectivity index (χ1v) is 9.02. The second-order valence-electron chi connectivity index (χ2n) is 6.82. The fraction of sp³-hybridized carbons (Fsp3) is 0.286. The van der Waals surface area contributed by atoms with Crippen molar-refractivity contribution < 1.29 is 18.8 Å². The fourth-order valence-corrected chi connectivity index (χ4v) is 3.22. The van der Waals surface area contributed by atoms with Crippen molar-refractivity contribution in [2.24, 2.45) is 0 Å². The molecule has 0 radical (unpaired) electrons. The molecule has 3 rings (SSSR count). The number of benzene rings is 2. The number of halogens is 1. The molecule has 28 heavy (non-hydrogen) atoms. The Hall–Kier alpha value is -3.22. The third-order valence-corrected chi connectivity index (χ3v) is 5.10. The standard InChI is InChI=1S/C21H22FN3O3/c1-14(16-9-11-17(22)12-10-16)23(3)19(26)13-24-20(27)15(2)25(21(24)28)18-7-5-4-6-8-18/h4-12,14-15H,13H2,1-3H3. The summed E-state index contributed by atoms with van der Waals surface area (Å²) in [7, 11) is 1.60. The molecule has 0 aliphatic carbocycles. The lowest BCUT2D eigenvalue weighted by Crippen LogP contribution is -2.43. The highest BCUT2D eigenvalue weighted by molar-refractivity contribution is 6.15. The van der Waals surface area contributed by atoms with Crippen LogP contribution in [0.25, 0.3) is 0 Å². The van der Waals surface area contributed by atoms with Crippen molar-refractivity contribution >= 4 is 23.5 Å². The molecule has 0 bridgehead atoms. The quantitative estimate of drug-likeness (QED) is 0.745. The summed E-state index contributed by atoms with van der Waals surface area (Å²) < 4.78 is 13.1. The zero-order valence-corrected chi connectivity index (χ0v) is 16.0. The Balaban J connectivity index is 1.73. The molecule has 1 aliphatic rings. The van der Waals surface area contributed by atoms with Gasteiger partial charge in [-0.25, -0.2) is 9.18 Å². The van der Waals surface area contributed by atoms with E-state index in [-0.39, 0.29) is 24.3 Å². The molecular weight excluding hydrogens is 361 g/mol. The molecule has 0 aromatic heterocycles. The maximum atomic E-state index is 13.1. The summed E-state index contributed by atoms with van der Waals surface area (Å²) in [4.78, 5) is 41.9. The molecule has 1 fully saturated rings. The number of urea groups is 1. The number of hydrogen-bond acceptors (Lipinski definition) is 3. The first kappa shape index (κ1) is 19.5. The number of imide groups is 1. The van der Waals surface area contributed by atoms with Crippen molar-refractivity contribution in [3.63, 3.8) is 0 Å². The predicted octanol–water partition coefficient (Wildman–Crippen LogP) is 3.20. The number of carbonyl (C=O) groups excluding carboxylic acids is 3. The van der Waals surface area contributed by atoms with Crippen molar-refractivity contribution in [3.05, 3.63) is 66.0 Å². The van der Waals surface area contributed by atoms with Gasteiger partial charge in [-0.15, -0.1) is 0 Å². The topological polar surface area (TPSA) is 60.9 Å². The lowest BCUT2D eigenvalue weighted by molar-refractivity contribution is -0.137. The molecule has 2 aromatic rings. The van der Waals surface area contributed by atoms with E-state index in [4.69, 9.17) is 0 Å². The summed E-state index contributed by atoms with van der Waals surface area (Å²) in [6, 6.07) is 13.2. The van der Waals surface area contributed by atoms with Gasteiger partial charge in [0.05, 0.1) is 6.04 Å². The van der Waals surface area contributed by atoms with E-state index in [1.807, 2.05) is 6.07 Å². The molecule has 0 spiro atoms. The second-order valence-corrected chi connectivity index (χ2v) is 6.82. The summed E-state index contributed by atoms with van der Waals surface area (Å²) in [5.41, 5.74) is 1.37. The minimum Gasteiger partial charge on any atom is -0.337 e. The Kier molecular flexibility index (Phi) is 5.44. The Morgan fingerprint density at radius 3 is 2.32 bits per heavy atom. The Bertz CT molecular complexity index is 886. The average molecular weight is 383 g/mol. The van der Waals surface area contributed by atoms with Gasteiger partial charge in [0, 0.05) is 12.7 Å². The van der Waals surface area contributed by atoms with Gasteiger partial charge in [-0.3, -0.25) is 19.4 Å². The second kappa shape index (κ2) is 7.80. The maximum Gasteiger partial charge on any atom is 0.332 e. The monoisotopic (exact) mass is 383 g/mol. The van der Waals surface area contributed by atoms with E-state index >= 15 is 0 Å². The van der Waals surface area contributed by atoms with E-state index in [9.17, 15) is 18.8 Å². The molecule has 2 aromatic carbocycles. The predicted molar refractivity (Wildman–Crippen MR) is 103 cm³/mol. The molecular formula is C21H22FN3O3. The highest BCUT2D eigenvalue weighted by Crippen LogP contribution is 2.26. The normalized spacial score (nSPS) is 17.8. The van der Waals surface area contributed by atoms with Crippen LogP contribution in [0.1, 0.15) is 25.5 Å². The largest absolute Gasteiger partial charge is 0.337 e. The Morgan fingerprint density at radius 1 is 1.11 bits per heavy atom. The van der Waals surface area contributed by atoms with Gasteiger partial charge in [-0.05, 0) is 43.7 Å². The minimum absolute atomic E-state index is 0.330. The lowest BCUT2D eigenvalue weighted by atomic mass is 10.1. The van der Waals surface area contributed by atoms with Gasteiger partial charge in [0.15, 0.2) is 0 Å². The molecule has 0 N–H and O–H groups in total. The van der Waals surface area contributed by atoms with Crippen molar-refractivity contribution in [1.82, 2.24) is 9.80 Å². The van der Waals surface area contributed by atoms with Gasteiger partial charge in [-0.1, -0.05) is 30.3 Å². The number of likely N-dealkylation sites (N-methyl/N-ethyl adjacent to an activating group) is 1. The van der Waals surface area contributed by atoms with Gasteiger partial charge in [0.2, 0.25) is 5.91 Å². The molecule has 1 heterocycles. The number of amides is 4. The van der Waals surface area contributed by atoms with E-state index in [1.165, 1.54) is 21.9 Å². The molecule has 6 nitrogen and oxygen atoms in total. The summed E-state index contributed by atoms with van der Waals surface area (Å²) in [5.74, 6) is -1.14. The number of carbonyl (C=O) groups is 3. The SMILES string of the molecule is CC(c1ccc(F)cc1)N(C)C(=O)CN1C(=O)C(C)N(c2ccccc2)C1=O. The molecule has 1 saturated heterocycles. The molecule has 0 saturated carbocycles. The van der Waals surface area contributed by atoms with Crippen LogP contribution in [0.4, 0.5) is 14.9 Å². The molecule has 146 valence electrons. The van der Waals surface area contributed by atoms with Crippen LogP contribution in [0.2, 0.25) is 0 Å². The van der Waals surface area contributed by atoms with E-state index < -0.39 is 18.0 Å². The third kappa shape index (κ3) is 3.60. The highest BCUT2D eigenvalue weighted by atomic mass is 19.1. The zero-order valence-electron chi connectivity index (χ0n) is 16.0. The number of rotatable bonds is 5. The molecule has 7 heteroatoms. The number of nitrogens with zero attached hydrogens (tertiary/aromatic N) is 3. The van der Waals surface area contributed by atoms with Crippen molar-refractivity contribution in [2.45, 2.75) is 25.9 Å². The minimum atomic E-state index is -0.678. The van der Waals surface area contributed by atoms with Gasteiger partial charge in [0.1, 0.15) is 18.4 Å². The fourth-order valence-electron chi connectivity index (χ4n) is 3.22. The lowest BCUT2D eigenvalue weighted by Gasteiger charge is -2.27. The third-order valence-electron chi connectivity index (χ3n) is 5.10. The zero-order chi connectivity index (χ0) is 20.4. The van der Waals surface area contributed by atoms with Crippen LogP contribution < -0.4 is 4.90 Å². The average Bonchev–Trinajstić information content (AvgIpc) is 2.91. The van der Waals surface area contributed by atoms with Gasteiger partial charge in [0.25, 0.3) is 5.91 Å². The van der Waals surface area contributed by atoms with Crippen LogP contribution in [-0.2, 0) is 9.59 Å². The van der Waals surface area contributed by atoms with E-state index in [1.54, 1.807) is 57.3 Å².